The molecule has 1 fully saturated rings. The molecular formula is C19H26N4O2. The SMILES string of the molecule is Cc1ccc(CN2CCN(Cc3c(C(=O)O)cnn3C)CC2)cc1C. The number of aromatic nitrogens is 2. The Labute approximate surface area is 148 Å². The van der Waals surface area contributed by atoms with Crippen LogP contribution in [0.25, 0.3) is 0 Å². The zero-order chi connectivity index (χ0) is 18.0. The fraction of sp³-hybridized carbons (Fsp3) is 0.474. The number of rotatable bonds is 5. The molecule has 1 N–H and O–H groups in total. The normalized spacial score (nSPS) is 16.3. The molecule has 25 heavy (non-hydrogen) atoms. The van der Waals surface area contributed by atoms with Gasteiger partial charge >= 0.3 is 5.97 Å². The van der Waals surface area contributed by atoms with E-state index in [-0.39, 0.29) is 0 Å². The smallest absolute Gasteiger partial charge is 0.339 e. The fourth-order valence-electron chi connectivity index (χ4n) is 3.31. The molecule has 0 unspecified atom stereocenters. The highest BCUT2D eigenvalue weighted by Crippen LogP contribution is 2.16. The van der Waals surface area contributed by atoms with Crippen LogP contribution in [-0.2, 0) is 20.1 Å². The summed E-state index contributed by atoms with van der Waals surface area (Å²) in [5.74, 6) is -0.906. The summed E-state index contributed by atoms with van der Waals surface area (Å²) in [4.78, 5) is 16.1. The van der Waals surface area contributed by atoms with E-state index < -0.39 is 5.97 Å². The van der Waals surface area contributed by atoms with E-state index in [9.17, 15) is 9.90 Å². The molecule has 0 bridgehead atoms. The maximum absolute atomic E-state index is 11.3. The van der Waals surface area contributed by atoms with Crippen LogP contribution in [0.3, 0.4) is 0 Å². The third kappa shape index (κ3) is 4.08. The van der Waals surface area contributed by atoms with Crippen molar-refractivity contribution in [2.45, 2.75) is 26.9 Å². The largest absolute Gasteiger partial charge is 0.478 e. The predicted octanol–water partition coefficient (Wildman–Crippen LogP) is 2.05. The van der Waals surface area contributed by atoms with Crippen LogP contribution in [0.2, 0.25) is 0 Å². The highest BCUT2D eigenvalue weighted by molar-refractivity contribution is 5.88. The molecule has 0 amide bonds. The number of hydrogen-bond acceptors (Lipinski definition) is 4. The topological polar surface area (TPSA) is 61.6 Å². The Balaban J connectivity index is 1.56. The summed E-state index contributed by atoms with van der Waals surface area (Å²) in [6.45, 7) is 9.77. The number of carbonyl (C=O) groups is 1. The minimum atomic E-state index is -0.906. The second-order valence-electron chi connectivity index (χ2n) is 6.90. The Kier molecular flexibility index (Phi) is 5.20. The standard InChI is InChI=1S/C19H26N4O2/c1-14-4-5-16(10-15(14)2)12-22-6-8-23(9-7-22)13-18-17(19(24)25)11-20-21(18)3/h4-5,10-11H,6-9,12-13H2,1-3H3,(H,24,25). The van der Waals surface area contributed by atoms with Gasteiger partial charge < -0.3 is 5.11 Å². The van der Waals surface area contributed by atoms with Crippen molar-refractivity contribution in [1.82, 2.24) is 19.6 Å². The van der Waals surface area contributed by atoms with Crippen LogP contribution in [0.4, 0.5) is 0 Å². The average molecular weight is 342 g/mol. The van der Waals surface area contributed by atoms with Gasteiger partial charge in [-0.15, -0.1) is 0 Å². The third-order valence-electron chi connectivity index (χ3n) is 5.11. The van der Waals surface area contributed by atoms with Crippen molar-refractivity contribution in [3.63, 3.8) is 0 Å². The molecular weight excluding hydrogens is 316 g/mol. The van der Waals surface area contributed by atoms with Gasteiger partial charge in [-0.3, -0.25) is 14.5 Å². The number of benzene rings is 1. The lowest BCUT2D eigenvalue weighted by molar-refractivity contribution is 0.0692. The summed E-state index contributed by atoms with van der Waals surface area (Å²) in [5, 5.41) is 13.4. The lowest BCUT2D eigenvalue weighted by Crippen LogP contribution is -2.45. The monoisotopic (exact) mass is 342 g/mol. The van der Waals surface area contributed by atoms with Crippen molar-refractivity contribution in [2.24, 2.45) is 7.05 Å². The molecule has 2 aromatic rings. The Morgan fingerprint density at radius 3 is 2.32 bits per heavy atom. The maximum Gasteiger partial charge on any atom is 0.339 e. The fourth-order valence-corrected chi connectivity index (χ4v) is 3.31. The number of nitrogens with zero attached hydrogens (tertiary/aromatic N) is 4. The van der Waals surface area contributed by atoms with Gasteiger partial charge in [-0.2, -0.15) is 5.10 Å². The van der Waals surface area contributed by atoms with E-state index in [4.69, 9.17) is 0 Å². The molecule has 1 saturated heterocycles. The summed E-state index contributed by atoms with van der Waals surface area (Å²) >= 11 is 0. The summed E-state index contributed by atoms with van der Waals surface area (Å²) in [6.07, 6.45) is 1.44. The van der Waals surface area contributed by atoms with Crippen LogP contribution in [0, 0.1) is 13.8 Å². The first-order valence-electron chi connectivity index (χ1n) is 8.69. The van der Waals surface area contributed by atoms with Crippen molar-refractivity contribution in [1.29, 1.82) is 0 Å². The zero-order valence-electron chi connectivity index (χ0n) is 15.2. The van der Waals surface area contributed by atoms with E-state index in [1.54, 1.807) is 11.7 Å². The van der Waals surface area contributed by atoms with Crippen molar-refractivity contribution < 1.29 is 9.90 Å². The third-order valence-corrected chi connectivity index (χ3v) is 5.11. The Hall–Kier alpha value is -2.18. The van der Waals surface area contributed by atoms with Gasteiger partial charge in [0.2, 0.25) is 0 Å². The minimum Gasteiger partial charge on any atom is -0.478 e. The predicted molar refractivity (Wildman–Crippen MR) is 96.6 cm³/mol. The van der Waals surface area contributed by atoms with E-state index in [2.05, 4.69) is 46.9 Å². The Morgan fingerprint density at radius 1 is 1.08 bits per heavy atom. The molecule has 0 atom stereocenters. The van der Waals surface area contributed by atoms with E-state index in [0.29, 0.717) is 12.1 Å². The van der Waals surface area contributed by atoms with Crippen LogP contribution in [0.1, 0.15) is 32.7 Å². The molecule has 2 heterocycles. The quantitative estimate of drug-likeness (QED) is 0.901. The molecule has 1 aliphatic heterocycles. The summed E-state index contributed by atoms with van der Waals surface area (Å²) in [5.41, 5.74) is 5.11. The minimum absolute atomic E-state index is 0.306. The molecule has 0 aliphatic carbocycles. The number of piperazine rings is 1. The number of aryl methyl sites for hydroxylation is 3. The maximum atomic E-state index is 11.3. The second kappa shape index (κ2) is 7.37. The highest BCUT2D eigenvalue weighted by atomic mass is 16.4. The molecule has 0 spiro atoms. The Bertz CT molecular complexity index is 761. The first kappa shape index (κ1) is 17.6. The second-order valence-corrected chi connectivity index (χ2v) is 6.90. The number of aromatic carboxylic acids is 1. The van der Waals surface area contributed by atoms with Gasteiger partial charge in [0.1, 0.15) is 5.56 Å². The van der Waals surface area contributed by atoms with Gasteiger partial charge in [0, 0.05) is 46.3 Å². The molecule has 6 heteroatoms. The molecule has 3 rings (SSSR count). The number of hydrogen-bond donors (Lipinski definition) is 1. The molecule has 6 nitrogen and oxygen atoms in total. The molecule has 0 radical (unpaired) electrons. The van der Waals surface area contributed by atoms with Crippen molar-refractivity contribution in [2.75, 3.05) is 26.2 Å². The van der Waals surface area contributed by atoms with E-state index >= 15 is 0 Å². The van der Waals surface area contributed by atoms with Gasteiger partial charge in [-0.05, 0) is 30.5 Å². The number of carboxylic acids is 1. The lowest BCUT2D eigenvalue weighted by atomic mass is 10.1. The van der Waals surface area contributed by atoms with E-state index in [0.717, 1.165) is 38.4 Å². The van der Waals surface area contributed by atoms with Gasteiger partial charge in [0.25, 0.3) is 0 Å². The molecule has 1 aromatic heterocycles. The van der Waals surface area contributed by atoms with Crippen LogP contribution in [0.15, 0.2) is 24.4 Å². The van der Waals surface area contributed by atoms with Crippen LogP contribution in [0.5, 0.6) is 0 Å². The Morgan fingerprint density at radius 2 is 1.72 bits per heavy atom. The molecule has 134 valence electrons. The van der Waals surface area contributed by atoms with Gasteiger partial charge in [-0.25, -0.2) is 4.79 Å². The molecule has 0 saturated carbocycles. The van der Waals surface area contributed by atoms with Crippen molar-refractivity contribution >= 4 is 5.97 Å². The van der Waals surface area contributed by atoms with Crippen molar-refractivity contribution in [3.8, 4) is 0 Å². The summed E-state index contributed by atoms with van der Waals surface area (Å²) in [7, 11) is 1.80. The van der Waals surface area contributed by atoms with Crippen molar-refractivity contribution in [3.05, 3.63) is 52.3 Å². The highest BCUT2D eigenvalue weighted by Gasteiger charge is 2.21. The number of carboxylic acid groups (broad SMARTS) is 1. The zero-order valence-corrected chi connectivity index (χ0v) is 15.2. The van der Waals surface area contributed by atoms with Gasteiger partial charge in [0.05, 0.1) is 11.9 Å². The molecule has 1 aromatic carbocycles. The van der Waals surface area contributed by atoms with E-state index in [1.165, 1.54) is 22.9 Å². The van der Waals surface area contributed by atoms with E-state index in [1.807, 2.05) is 0 Å². The van der Waals surface area contributed by atoms with Gasteiger partial charge in [-0.1, -0.05) is 18.2 Å². The van der Waals surface area contributed by atoms with Crippen LogP contribution in [-0.4, -0.2) is 56.8 Å². The van der Waals surface area contributed by atoms with Crippen LogP contribution >= 0.6 is 0 Å². The summed E-state index contributed by atoms with van der Waals surface area (Å²) in [6, 6.07) is 6.68. The molecule has 1 aliphatic rings. The first-order chi connectivity index (χ1) is 11.9. The van der Waals surface area contributed by atoms with Gasteiger partial charge in [0.15, 0.2) is 0 Å². The summed E-state index contributed by atoms with van der Waals surface area (Å²) < 4.78 is 1.67. The average Bonchev–Trinajstić information content (AvgIpc) is 2.94. The first-order valence-corrected chi connectivity index (χ1v) is 8.69. The van der Waals surface area contributed by atoms with Crippen LogP contribution < -0.4 is 0 Å². The lowest BCUT2D eigenvalue weighted by Gasteiger charge is -2.34.